The van der Waals surface area contributed by atoms with Gasteiger partial charge in [-0.3, -0.25) is 9.36 Å². The molecule has 0 aliphatic carbocycles. The van der Waals surface area contributed by atoms with E-state index in [1.807, 2.05) is 47.2 Å². The standard InChI is InChI=1S/C18H19N3O3S/c1-20(12-16-4-3-11-24-16)17(22)13-25-18-19-9-10-21(18)14-5-7-15(23-2)8-6-14/h3-11H,12-13H2,1-2H3. The lowest BCUT2D eigenvalue weighted by Gasteiger charge is -2.15. The van der Waals surface area contributed by atoms with Crippen molar-refractivity contribution in [2.24, 2.45) is 0 Å². The van der Waals surface area contributed by atoms with E-state index >= 15 is 0 Å². The molecule has 25 heavy (non-hydrogen) atoms. The van der Waals surface area contributed by atoms with Crippen molar-refractivity contribution in [3.8, 4) is 11.4 Å². The molecule has 2 heterocycles. The van der Waals surface area contributed by atoms with Crippen LogP contribution in [-0.2, 0) is 11.3 Å². The minimum absolute atomic E-state index is 0.0191. The van der Waals surface area contributed by atoms with Crippen LogP contribution in [0.5, 0.6) is 5.75 Å². The largest absolute Gasteiger partial charge is 0.497 e. The van der Waals surface area contributed by atoms with Gasteiger partial charge in [0.05, 0.1) is 25.7 Å². The molecule has 0 atom stereocenters. The van der Waals surface area contributed by atoms with Crippen molar-refractivity contribution >= 4 is 17.7 Å². The fourth-order valence-corrected chi connectivity index (χ4v) is 3.21. The summed E-state index contributed by atoms with van der Waals surface area (Å²) >= 11 is 1.41. The molecule has 6 nitrogen and oxygen atoms in total. The average Bonchev–Trinajstić information content (AvgIpc) is 3.31. The minimum Gasteiger partial charge on any atom is -0.497 e. The summed E-state index contributed by atoms with van der Waals surface area (Å²) in [4.78, 5) is 18.3. The number of furan rings is 1. The Bertz CT molecular complexity index is 812. The molecule has 0 radical (unpaired) electrons. The van der Waals surface area contributed by atoms with Gasteiger partial charge in [0.1, 0.15) is 11.5 Å². The maximum Gasteiger partial charge on any atom is 0.233 e. The maximum absolute atomic E-state index is 12.3. The van der Waals surface area contributed by atoms with Crippen LogP contribution >= 0.6 is 11.8 Å². The molecule has 7 heteroatoms. The van der Waals surface area contributed by atoms with Gasteiger partial charge in [0.15, 0.2) is 5.16 Å². The second-order valence-corrected chi connectivity index (χ2v) is 6.34. The number of rotatable bonds is 7. The smallest absolute Gasteiger partial charge is 0.233 e. The number of ether oxygens (including phenoxy) is 1. The van der Waals surface area contributed by atoms with E-state index < -0.39 is 0 Å². The predicted octanol–water partition coefficient (Wildman–Crippen LogP) is 3.22. The van der Waals surface area contributed by atoms with Gasteiger partial charge in [-0.25, -0.2) is 4.98 Å². The minimum atomic E-state index is 0.0191. The molecule has 0 saturated carbocycles. The zero-order chi connectivity index (χ0) is 17.6. The fraction of sp³-hybridized carbons (Fsp3) is 0.222. The van der Waals surface area contributed by atoms with Crippen molar-refractivity contribution < 1.29 is 13.9 Å². The van der Waals surface area contributed by atoms with E-state index in [2.05, 4.69) is 4.98 Å². The van der Waals surface area contributed by atoms with Crippen molar-refractivity contribution in [2.45, 2.75) is 11.7 Å². The van der Waals surface area contributed by atoms with E-state index in [9.17, 15) is 4.79 Å². The van der Waals surface area contributed by atoms with Gasteiger partial charge in [0.2, 0.25) is 5.91 Å². The number of hydrogen-bond acceptors (Lipinski definition) is 5. The molecule has 1 aromatic carbocycles. The first-order valence-corrected chi connectivity index (χ1v) is 8.73. The number of amides is 1. The van der Waals surface area contributed by atoms with Crippen LogP contribution < -0.4 is 4.74 Å². The van der Waals surface area contributed by atoms with Crippen LogP contribution in [0.2, 0.25) is 0 Å². The zero-order valence-corrected chi connectivity index (χ0v) is 14.9. The number of aromatic nitrogens is 2. The highest BCUT2D eigenvalue weighted by molar-refractivity contribution is 7.99. The van der Waals surface area contributed by atoms with Gasteiger partial charge in [0, 0.05) is 25.1 Å². The summed E-state index contributed by atoms with van der Waals surface area (Å²) in [5.41, 5.74) is 0.970. The van der Waals surface area contributed by atoms with Crippen LogP contribution in [-0.4, -0.2) is 40.3 Å². The van der Waals surface area contributed by atoms with E-state index in [-0.39, 0.29) is 5.91 Å². The molecule has 2 aromatic heterocycles. The third-order valence-electron chi connectivity index (χ3n) is 3.68. The Kier molecular flexibility index (Phi) is 5.45. The number of hydrogen-bond donors (Lipinski definition) is 0. The second kappa shape index (κ2) is 7.94. The lowest BCUT2D eigenvalue weighted by Crippen LogP contribution is -2.27. The Hall–Kier alpha value is -2.67. The molecule has 1 amide bonds. The van der Waals surface area contributed by atoms with Crippen molar-refractivity contribution in [3.63, 3.8) is 0 Å². The third kappa shape index (κ3) is 4.24. The molecule has 0 unspecified atom stereocenters. The van der Waals surface area contributed by atoms with Crippen LogP contribution in [0.4, 0.5) is 0 Å². The van der Waals surface area contributed by atoms with Gasteiger partial charge in [-0.2, -0.15) is 0 Å². The Morgan fingerprint density at radius 1 is 1.32 bits per heavy atom. The molecule has 0 fully saturated rings. The van der Waals surface area contributed by atoms with Gasteiger partial charge >= 0.3 is 0 Å². The first-order chi connectivity index (χ1) is 12.2. The second-order valence-electron chi connectivity index (χ2n) is 5.40. The fourth-order valence-electron chi connectivity index (χ4n) is 2.30. The number of methoxy groups -OCH3 is 1. The summed E-state index contributed by atoms with van der Waals surface area (Å²) in [6.45, 7) is 0.458. The van der Waals surface area contributed by atoms with Crippen LogP contribution in [0, 0.1) is 0 Å². The summed E-state index contributed by atoms with van der Waals surface area (Å²) in [5, 5.41) is 0.768. The van der Waals surface area contributed by atoms with Gasteiger partial charge in [-0.1, -0.05) is 11.8 Å². The monoisotopic (exact) mass is 357 g/mol. The highest BCUT2D eigenvalue weighted by atomic mass is 32.2. The molecule has 0 saturated heterocycles. The quantitative estimate of drug-likeness (QED) is 0.608. The highest BCUT2D eigenvalue weighted by Crippen LogP contribution is 2.22. The number of nitrogens with zero attached hydrogens (tertiary/aromatic N) is 3. The SMILES string of the molecule is COc1ccc(-n2ccnc2SCC(=O)N(C)Cc2ccco2)cc1. The van der Waals surface area contributed by atoms with Crippen LogP contribution in [0.25, 0.3) is 5.69 Å². The molecule has 0 aliphatic rings. The van der Waals surface area contributed by atoms with Gasteiger partial charge in [0.25, 0.3) is 0 Å². The molecular weight excluding hydrogens is 338 g/mol. The summed E-state index contributed by atoms with van der Waals surface area (Å²) in [5.74, 6) is 1.89. The maximum atomic E-state index is 12.3. The van der Waals surface area contributed by atoms with E-state index in [0.717, 1.165) is 22.4 Å². The van der Waals surface area contributed by atoms with Crippen LogP contribution in [0.3, 0.4) is 0 Å². The predicted molar refractivity (Wildman–Crippen MR) is 96.0 cm³/mol. The van der Waals surface area contributed by atoms with E-state index in [4.69, 9.17) is 9.15 Å². The normalized spacial score (nSPS) is 10.6. The lowest BCUT2D eigenvalue weighted by atomic mass is 10.3. The Labute approximate surface area is 150 Å². The number of carbonyl (C=O) groups excluding carboxylic acids is 1. The van der Waals surface area contributed by atoms with E-state index in [1.54, 1.807) is 31.5 Å². The molecule has 0 bridgehead atoms. The van der Waals surface area contributed by atoms with Crippen molar-refractivity contribution in [2.75, 3.05) is 19.9 Å². The van der Waals surface area contributed by atoms with Gasteiger partial charge < -0.3 is 14.1 Å². The lowest BCUT2D eigenvalue weighted by molar-refractivity contribution is -0.127. The van der Waals surface area contributed by atoms with E-state index in [1.165, 1.54) is 11.8 Å². The Morgan fingerprint density at radius 2 is 2.12 bits per heavy atom. The molecule has 3 rings (SSSR count). The summed E-state index contributed by atoms with van der Waals surface area (Å²) in [6.07, 6.45) is 5.21. The number of carbonyl (C=O) groups is 1. The first-order valence-electron chi connectivity index (χ1n) is 7.74. The Balaban J connectivity index is 1.61. The van der Waals surface area contributed by atoms with Gasteiger partial charge in [-0.05, 0) is 36.4 Å². The summed E-state index contributed by atoms with van der Waals surface area (Å²) in [7, 11) is 3.40. The Morgan fingerprint density at radius 3 is 2.80 bits per heavy atom. The molecule has 0 spiro atoms. The average molecular weight is 357 g/mol. The number of benzene rings is 1. The summed E-state index contributed by atoms with van der Waals surface area (Å²) < 4.78 is 12.4. The first kappa shape index (κ1) is 17.2. The number of thioether (sulfide) groups is 1. The molecule has 3 aromatic rings. The molecule has 0 N–H and O–H groups in total. The number of imidazole rings is 1. The van der Waals surface area contributed by atoms with Gasteiger partial charge in [-0.15, -0.1) is 0 Å². The van der Waals surface area contributed by atoms with Crippen molar-refractivity contribution in [1.29, 1.82) is 0 Å². The van der Waals surface area contributed by atoms with Crippen LogP contribution in [0.1, 0.15) is 5.76 Å². The molecule has 0 aliphatic heterocycles. The summed E-state index contributed by atoms with van der Waals surface area (Å²) in [6, 6.07) is 11.4. The third-order valence-corrected chi connectivity index (χ3v) is 4.63. The van der Waals surface area contributed by atoms with Crippen molar-refractivity contribution in [3.05, 3.63) is 60.8 Å². The van der Waals surface area contributed by atoms with E-state index in [0.29, 0.717) is 12.3 Å². The van der Waals surface area contributed by atoms with Crippen LogP contribution in [0.15, 0.2) is 64.6 Å². The topological polar surface area (TPSA) is 60.5 Å². The molecule has 130 valence electrons. The van der Waals surface area contributed by atoms with Crippen molar-refractivity contribution in [1.82, 2.24) is 14.5 Å². The zero-order valence-electron chi connectivity index (χ0n) is 14.1. The highest BCUT2D eigenvalue weighted by Gasteiger charge is 2.13. The molecular formula is C18H19N3O3S.